The van der Waals surface area contributed by atoms with Gasteiger partial charge in [-0.15, -0.1) is 0 Å². The van der Waals surface area contributed by atoms with Crippen molar-refractivity contribution < 1.29 is 9.18 Å². The number of rotatable bonds is 9. The van der Waals surface area contributed by atoms with Gasteiger partial charge in [0.25, 0.3) is 5.91 Å². The van der Waals surface area contributed by atoms with Gasteiger partial charge in [0.05, 0.1) is 5.56 Å². The summed E-state index contributed by atoms with van der Waals surface area (Å²) in [5.41, 5.74) is 0.0501. The van der Waals surface area contributed by atoms with Crippen molar-refractivity contribution in [2.45, 2.75) is 46.0 Å². The Balaban J connectivity index is 2.54. The van der Waals surface area contributed by atoms with E-state index in [9.17, 15) is 9.18 Å². The highest BCUT2D eigenvalue weighted by molar-refractivity contribution is 5.95. The van der Waals surface area contributed by atoms with Crippen LogP contribution >= 0.6 is 0 Å². The van der Waals surface area contributed by atoms with Crippen molar-refractivity contribution in [2.24, 2.45) is 0 Å². The second kappa shape index (κ2) is 9.28. The third-order valence-electron chi connectivity index (χ3n) is 2.99. The van der Waals surface area contributed by atoms with E-state index < -0.39 is 5.82 Å². The summed E-state index contributed by atoms with van der Waals surface area (Å²) < 4.78 is 14.1. The van der Waals surface area contributed by atoms with Crippen LogP contribution in [-0.2, 0) is 0 Å². The standard InChI is InChI=1S/C15H24FN3O/c1-3-5-6-7-10-19-15(20)12-8-11-18-14(13(12)16)17-9-4-2/h8,11H,3-7,9-10H2,1-2H3,(H,17,18)(H,19,20). The lowest BCUT2D eigenvalue weighted by Crippen LogP contribution is -2.26. The minimum Gasteiger partial charge on any atom is -0.368 e. The molecule has 1 amide bonds. The molecule has 0 radical (unpaired) electrons. The summed E-state index contributed by atoms with van der Waals surface area (Å²) >= 11 is 0. The van der Waals surface area contributed by atoms with E-state index in [0.717, 1.165) is 32.1 Å². The van der Waals surface area contributed by atoms with Crippen LogP contribution in [0.1, 0.15) is 56.3 Å². The molecule has 1 rings (SSSR count). The maximum Gasteiger partial charge on any atom is 0.254 e. The molecule has 1 aromatic heterocycles. The van der Waals surface area contributed by atoms with E-state index in [0.29, 0.717) is 13.1 Å². The van der Waals surface area contributed by atoms with Crippen LogP contribution in [0.25, 0.3) is 0 Å². The number of nitrogens with one attached hydrogen (secondary N) is 2. The lowest BCUT2D eigenvalue weighted by molar-refractivity contribution is 0.0949. The molecule has 0 saturated carbocycles. The van der Waals surface area contributed by atoms with E-state index in [-0.39, 0.29) is 17.3 Å². The number of aromatic nitrogens is 1. The van der Waals surface area contributed by atoms with Crippen LogP contribution < -0.4 is 10.6 Å². The molecular weight excluding hydrogens is 257 g/mol. The highest BCUT2D eigenvalue weighted by Gasteiger charge is 2.15. The largest absolute Gasteiger partial charge is 0.368 e. The summed E-state index contributed by atoms with van der Waals surface area (Å²) in [6, 6.07) is 1.41. The summed E-state index contributed by atoms with van der Waals surface area (Å²) in [6.45, 7) is 5.33. The lowest BCUT2D eigenvalue weighted by atomic mass is 10.2. The molecular formula is C15H24FN3O. The number of pyridine rings is 1. The molecule has 0 bridgehead atoms. The Morgan fingerprint density at radius 2 is 2.00 bits per heavy atom. The fourth-order valence-electron chi connectivity index (χ4n) is 1.83. The summed E-state index contributed by atoms with van der Waals surface area (Å²) in [5, 5.41) is 5.62. The normalized spacial score (nSPS) is 10.3. The van der Waals surface area contributed by atoms with E-state index in [2.05, 4.69) is 22.5 Å². The number of hydrogen-bond acceptors (Lipinski definition) is 3. The van der Waals surface area contributed by atoms with Crippen molar-refractivity contribution in [3.8, 4) is 0 Å². The first-order valence-electron chi connectivity index (χ1n) is 7.37. The summed E-state index contributed by atoms with van der Waals surface area (Å²) in [4.78, 5) is 15.8. The van der Waals surface area contributed by atoms with Crippen molar-refractivity contribution in [2.75, 3.05) is 18.4 Å². The number of amides is 1. The molecule has 0 atom stereocenters. The van der Waals surface area contributed by atoms with Gasteiger partial charge in [-0.25, -0.2) is 9.37 Å². The Hall–Kier alpha value is -1.65. The van der Waals surface area contributed by atoms with E-state index in [4.69, 9.17) is 0 Å². The van der Waals surface area contributed by atoms with E-state index in [1.165, 1.54) is 12.3 Å². The fraction of sp³-hybridized carbons (Fsp3) is 0.600. The monoisotopic (exact) mass is 281 g/mol. The highest BCUT2D eigenvalue weighted by atomic mass is 19.1. The van der Waals surface area contributed by atoms with Gasteiger partial charge in [-0.2, -0.15) is 0 Å². The fourth-order valence-corrected chi connectivity index (χ4v) is 1.83. The molecule has 0 saturated heterocycles. The van der Waals surface area contributed by atoms with Gasteiger partial charge in [-0.05, 0) is 18.9 Å². The van der Waals surface area contributed by atoms with Gasteiger partial charge in [0.15, 0.2) is 11.6 Å². The number of nitrogens with zero attached hydrogens (tertiary/aromatic N) is 1. The van der Waals surface area contributed by atoms with Gasteiger partial charge in [0.1, 0.15) is 0 Å². The van der Waals surface area contributed by atoms with Crippen LogP contribution in [0, 0.1) is 5.82 Å². The SMILES string of the molecule is CCCCCCNC(=O)c1ccnc(NCCC)c1F. The van der Waals surface area contributed by atoms with Crippen LogP contribution in [0.2, 0.25) is 0 Å². The Kier molecular flexibility index (Phi) is 7.62. The molecule has 4 nitrogen and oxygen atoms in total. The van der Waals surface area contributed by atoms with Crippen molar-refractivity contribution in [3.05, 3.63) is 23.6 Å². The number of anilines is 1. The van der Waals surface area contributed by atoms with E-state index >= 15 is 0 Å². The molecule has 112 valence electrons. The molecule has 2 N–H and O–H groups in total. The van der Waals surface area contributed by atoms with Crippen molar-refractivity contribution in [3.63, 3.8) is 0 Å². The zero-order valence-corrected chi connectivity index (χ0v) is 12.3. The Labute approximate surface area is 120 Å². The minimum atomic E-state index is -0.577. The maximum atomic E-state index is 14.1. The Bertz CT molecular complexity index is 424. The lowest BCUT2D eigenvalue weighted by Gasteiger charge is -2.09. The zero-order valence-electron chi connectivity index (χ0n) is 12.3. The third kappa shape index (κ3) is 5.15. The molecule has 0 aliphatic carbocycles. The first kappa shape index (κ1) is 16.4. The van der Waals surface area contributed by atoms with Gasteiger partial charge in [-0.3, -0.25) is 4.79 Å². The summed E-state index contributed by atoms with van der Waals surface area (Å²) in [5.74, 6) is -0.807. The topological polar surface area (TPSA) is 54.0 Å². The van der Waals surface area contributed by atoms with E-state index in [1.807, 2.05) is 6.92 Å². The number of carbonyl (C=O) groups excluding carboxylic acids is 1. The molecule has 5 heteroatoms. The minimum absolute atomic E-state index is 0.0501. The molecule has 1 heterocycles. The van der Waals surface area contributed by atoms with Crippen LogP contribution in [0.15, 0.2) is 12.3 Å². The van der Waals surface area contributed by atoms with Gasteiger partial charge < -0.3 is 10.6 Å². The average Bonchev–Trinajstić information content (AvgIpc) is 2.46. The van der Waals surface area contributed by atoms with Gasteiger partial charge in [0, 0.05) is 19.3 Å². The van der Waals surface area contributed by atoms with Crippen LogP contribution in [0.5, 0.6) is 0 Å². The molecule has 20 heavy (non-hydrogen) atoms. The summed E-state index contributed by atoms with van der Waals surface area (Å²) in [6.07, 6.45) is 6.64. The number of halogens is 1. The molecule has 1 aromatic rings. The molecule has 0 aliphatic heterocycles. The van der Waals surface area contributed by atoms with Crippen LogP contribution in [0.3, 0.4) is 0 Å². The molecule has 0 aliphatic rings. The molecule has 0 spiro atoms. The Morgan fingerprint density at radius 3 is 2.70 bits per heavy atom. The first-order valence-corrected chi connectivity index (χ1v) is 7.37. The number of hydrogen-bond donors (Lipinski definition) is 2. The summed E-state index contributed by atoms with van der Waals surface area (Å²) in [7, 11) is 0. The second-order valence-electron chi connectivity index (χ2n) is 4.76. The smallest absolute Gasteiger partial charge is 0.254 e. The molecule has 0 aromatic carbocycles. The predicted octanol–water partition coefficient (Wildman–Crippen LogP) is 3.35. The quantitative estimate of drug-likeness (QED) is 0.682. The average molecular weight is 281 g/mol. The molecule has 0 fully saturated rings. The highest BCUT2D eigenvalue weighted by Crippen LogP contribution is 2.15. The van der Waals surface area contributed by atoms with Crippen molar-refractivity contribution >= 4 is 11.7 Å². The predicted molar refractivity (Wildman–Crippen MR) is 79.5 cm³/mol. The van der Waals surface area contributed by atoms with Crippen molar-refractivity contribution in [1.29, 1.82) is 0 Å². The van der Waals surface area contributed by atoms with Crippen molar-refractivity contribution in [1.82, 2.24) is 10.3 Å². The maximum absolute atomic E-state index is 14.1. The number of carbonyl (C=O) groups is 1. The van der Waals surface area contributed by atoms with Gasteiger partial charge in [-0.1, -0.05) is 33.1 Å². The zero-order chi connectivity index (χ0) is 14.8. The van der Waals surface area contributed by atoms with Crippen LogP contribution in [0.4, 0.5) is 10.2 Å². The molecule has 0 unspecified atom stereocenters. The Morgan fingerprint density at radius 1 is 1.20 bits per heavy atom. The second-order valence-corrected chi connectivity index (χ2v) is 4.76. The van der Waals surface area contributed by atoms with Gasteiger partial charge in [0.2, 0.25) is 0 Å². The first-order chi connectivity index (χ1) is 9.70. The third-order valence-corrected chi connectivity index (χ3v) is 2.99. The van der Waals surface area contributed by atoms with Gasteiger partial charge >= 0.3 is 0 Å². The number of unbranched alkanes of at least 4 members (excludes halogenated alkanes) is 3. The van der Waals surface area contributed by atoms with E-state index in [1.54, 1.807) is 0 Å². The van der Waals surface area contributed by atoms with Crippen LogP contribution in [-0.4, -0.2) is 24.0 Å².